The average molecular weight is 533 g/mol. The summed E-state index contributed by atoms with van der Waals surface area (Å²) >= 11 is 1.27. The number of thiazole rings is 1. The van der Waals surface area contributed by atoms with Crippen LogP contribution < -0.4 is 14.8 Å². The molecule has 0 radical (unpaired) electrons. The van der Waals surface area contributed by atoms with E-state index in [-0.39, 0.29) is 18.2 Å². The maximum atomic E-state index is 13.1. The molecule has 0 aliphatic rings. The van der Waals surface area contributed by atoms with Gasteiger partial charge in [-0.3, -0.25) is 14.7 Å². The molecule has 1 unspecified atom stereocenters. The van der Waals surface area contributed by atoms with Gasteiger partial charge in [-0.1, -0.05) is 30.3 Å². The summed E-state index contributed by atoms with van der Waals surface area (Å²) in [6, 6.07) is 15.1. The molecule has 8 nitrogen and oxygen atoms in total. The van der Waals surface area contributed by atoms with Gasteiger partial charge in [-0.05, 0) is 31.5 Å². The van der Waals surface area contributed by atoms with Crippen LogP contribution in [0.3, 0.4) is 0 Å². The van der Waals surface area contributed by atoms with Gasteiger partial charge in [0.25, 0.3) is 5.91 Å². The Morgan fingerprint density at radius 2 is 1.92 bits per heavy atom. The van der Waals surface area contributed by atoms with Gasteiger partial charge >= 0.3 is 0 Å². The highest BCUT2D eigenvalue weighted by molar-refractivity contribution is 7.57. The molecule has 10 heteroatoms. The summed E-state index contributed by atoms with van der Waals surface area (Å²) in [6.07, 6.45) is 0.744. The maximum absolute atomic E-state index is 13.1. The lowest BCUT2D eigenvalue weighted by atomic mass is 10.1. The fourth-order valence-electron chi connectivity index (χ4n) is 3.51. The number of aromatic nitrogens is 1. The molecule has 0 spiro atoms. The van der Waals surface area contributed by atoms with Gasteiger partial charge in [-0.2, -0.15) is 0 Å². The lowest BCUT2D eigenvalue weighted by molar-refractivity contribution is 0.0914. The molecule has 1 amide bonds. The standard InChI is InChI=1S/C26H33N2O6PS/c1-5-33-35(4,30)17-22-18-36-26(27-22)28-25(29)21-13-23(15-24(14-21)34-19(2)16-31-3)32-12-11-20-9-7-6-8-10-20/h6-10,13-15,18-19H,5,11-12,16-17H2,1-4H3,(H,27,28,29)/t19-,35?/m0/s1. The van der Waals surface area contributed by atoms with Crippen molar-refractivity contribution in [2.24, 2.45) is 0 Å². The normalized spacial score (nSPS) is 13.6. The smallest absolute Gasteiger partial charge is 0.257 e. The number of ether oxygens (including phenoxy) is 3. The quantitative estimate of drug-likeness (QED) is 0.259. The first kappa shape index (κ1) is 27.9. The van der Waals surface area contributed by atoms with E-state index in [4.69, 9.17) is 18.7 Å². The van der Waals surface area contributed by atoms with Crippen molar-refractivity contribution in [1.82, 2.24) is 4.98 Å². The molecule has 3 aromatic rings. The Bertz CT molecular complexity index is 1170. The molecule has 0 saturated heterocycles. The Morgan fingerprint density at radius 1 is 1.17 bits per heavy atom. The summed E-state index contributed by atoms with van der Waals surface area (Å²) in [5, 5.41) is 5.00. The van der Waals surface area contributed by atoms with Crippen molar-refractivity contribution in [1.29, 1.82) is 0 Å². The molecule has 0 fully saturated rings. The van der Waals surface area contributed by atoms with Crippen molar-refractivity contribution in [3.8, 4) is 11.5 Å². The van der Waals surface area contributed by atoms with Crippen LogP contribution in [0.1, 0.15) is 35.5 Å². The van der Waals surface area contributed by atoms with Gasteiger partial charge in [0, 0.05) is 37.2 Å². The minimum absolute atomic E-state index is 0.206. The van der Waals surface area contributed by atoms with E-state index >= 15 is 0 Å². The number of carbonyl (C=O) groups is 1. The Kier molecular flexibility index (Phi) is 10.5. The number of amides is 1. The zero-order valence-corrected chi connectivity index (χ0v) is 22.8. The maximum Gasteiger partial charge on any atom is 0.257 e. The molecule has 194 valence electrons. The number of methoxy groups -OCH3 is 1. The van der Waals surface area contributed by atoms with Gasteiger partial charge in [0.15, 0.2) is 5.13 Å². The van der Waals surface area contributed by atoms with E-state index in [9.17, 15) is 9.36 Å². The first-order valence-corrected chi connectivity index (χ1v) is 14.9. The largest absolute Gasteiger partial charge is 0.493 e. The molecule has 0 saturated carbocycles. The molecule has 3 rings (SSSR count). The van der Waals surface area contributed by atoms with Crippen LogP contribution in [0.2, 0.25) is 0 Å². The minimum Gasteiger partial charge on any atom is -0.493 e. The van der Waals surface area contributed by atoms with Gasteiger partial charge < -0.3 is 18.7 Å². The highest BCUT2D eigenvalue weighted by atomic mass is 32.1. The molecule has 2 atom stereocenters. The predicted molar refractivity (Wildman–Crippen MR) is 143 cm³/mol. The third kappa shape index (κ3) is 9.06. The number of nitrogens with one attached hydrogen (secondary N) is 1. The Balaban J connectivity index is 1.72. The predicted octanol–water partition coefficient (Wildman–Crippen LogP) is 5.88. The summed E-state index contributed by atoms with van der Waals surface area (Å²) < 4.78 is 34.8. The van der Waals surface area contributed by atoms with Crippen molar-refractivity contribution in [3.05, 3.63) is 70.7 Å². The van der Waals surface area contributed by atoms with Crippen LogP contribution in [0.5, 0.6) is 11.5 Å². The van der Waals surface area contributed by atoms with E-state index in [1.807, 2.05) is 37.3 Å². The number of carbonyl (C=O) groups excluding carboxylic acids is 1. The number of anilines is 1. The third-order valence-corrected chi connectivity index (χ3v) is 7.52. The zero-order chi connectivity index (χ0) is 26.0. The minimum atomic E-state index is -2.77. The third-order valence-electron chi connectivity index (χ3n) is 5.01. The van der Waals surface area contributed by atoms with Crippen LogP contribution in [0, 0.1) is 0 Å². The molecule has 0 aliphatic heterocycles. The number of hydrogen-bond acceptors (Lipinski definition) is 8. The molecule has 1 N–H and O–H groups in total. The van der Waals surface area contributed by atoms with E-state index in [2.05, 4.69) is 10.3 Å². The zero-order valence-electron chi connectivity index (χ0n) is 21.1. The summed E-state index contributed by atoms with van der Waals surface area (Å²) in [5.74, 6) is 0.685. The second-order valence-corrected chi connectivity index (χ2v) is 11.8. The van der Waals surface area contributed by atoms with E-state index in [1.165, 1.54) is 11.3 Å². The highest BCUT2D eigenvalue weighted by Crippen LogP contribution is 2.46. The first-order chi connectivity index (χ1) is 17.3. The van der Waals surface area contributed by atoms with Crippen molar-refractivity contribution in [2.45, 2.75) is 32.5 Å². The van der Waals surface area contributed by atoms with E-state index in [1.54, 1.807) is 44.3 Å². The number of rotatable bonds is 14. The Morgan fingerprint density at radius 3 is 2.64 bits per heavy atom. The van der Waals surface area contributed by atoms with Crippen LogP contribution in [-0.2, 0) is 26.4 Å². The van der Waals surface area contributed by atoms with Crippen LogP contribution >= 0.6 is 18.7 Å². The van der Waals surface area contributed by atoms with E-state index < -0.39 is 7.37 Å². The fourth-order valence-corrected chi connectivity index (χ4v) is 5.72. The van der Waals surface area contributed by atoms with Gasteiger partial charge in [0.1, 0.15) is 17.6 Å². The number of hydrogen-bond donors (Lipinski definition) is 1. The molecule has 1 aromatic heterocycles. The van der Waals surface area contributed by atoms with Gasteiger partial charge in [-0.25, -0.2) is 4.98 Å². The summed E-state index contributed by atoms with van der Waals surface area (Å²) in [4.78, 5) is 17.5. The van der Waals surface area contributed by atoms with Crippen LogP contribution in [-0.4, -0.2) is 50.6 Å². The lowest BCUT2D eigenvalue weighted by Gasteiger charge is -2.16. The van der Waals surface area contributed by atoms with Crippen molar-refractivity contribution in [3.63, 3.8) is 0 Å². The molecular weight excluding hydrogens is 499 g/mol. The summed E-state index contributed by atoms with van der Waals surface area (Å²) in [6.45, 7) is 6.51. The molecule has 0 bridgehead atoms. The molecular formula is C26H33N2O6PS. The second kappa shape index (κ2) is 13.6. The topological polar surface area (TPSA) is 96.0 Å². The van der Waals surface area contributed by atoms with Crippen molar-refractivity contribution in [2.75, 3.05) is 38.9 Å². The molecule has 0 aliphatic carbocycles. The highest BCUT2D eigenvalue weighted by Gasteiger charge is 2.19. The fraction of sp³-hybridized carbons (Fsp3) is 0.385. The summed E-state index contributed by atoms with van der Waals surface area (Å²) in [5.41, 5.74) is 2.15. The second-order valence-electron chi connectivity index (χ2n) is 8.35. The number of benzene rings is 2. The van der Waals surface area contributed by atoms with Gasteiger partial charge in [0.05, 0.1) is 31.7 Å². The average Bonchev–Trinajstić information content (AvgIpc) is 3.25. The SMILES string of the molecule is CCOP(C)(=O)Cc1csc(NC(=O)c2cc(OCCc3ccccc3)cc(O[C@@H](C)COC)c2)n1. The molecule has 2 aromatic carbocycles. The number of nitrogens with zero attached hydrogens (tertiary/aromatic N) is 1. The Labute approximate surface area is 216 Å². The monoisotopic (exact) mass is 532 g/mol. The van der Waals surface area contributed by atoms with Crippen LogP contribution in [0.4, 0.5) is 5.13 Å². The van der Waals surface area contributed by atoms with E-state index in [0.29, 0.717) is 47.7 Å². The van der Waals surface area contributed by atoms with Crippen molar-refractivity contribution >= 4 is 29.7 Å². The van der Waals surface area contributed by atoms with E-state index in [0.717, 1.165) is 12.0 Å². The van der Waals surface area contributed by atoms with Gasteiger partial charge in [-0.15, -0.1) is 11.3 Å². The van der Waals surface area contributed by atoms with Gasteiger partial charge in [0.2, 0.25) is 7.37 Å². The van der Waals surface area contributed by atoms with Crippen LogP contribution in [0.25, 0.3) is 0 Å². The van der Waals surface area contributed by atoms with Crippen molar-refractivity contribution < 1.29 is 28.1 Å². The van der Waals surface area contributed by atoms with Crippen LogP contribution in [0.15, 0.2) is 53.9 Å². The lowest BCUT2D eigenvalue weighted by Crippen LogP contribution is -2.19. The first-order valence-electron chi connectivity index (χ1n) is 11.7. The Hall–Kier alpha value is -2.71. The summed E-state index contributed by atoms with van der Waals surface area (Å²) in [7, 11) is -1.16. The molecule has 1 heterocycles. The molecule has 36 heavy (non-hydrogen) atoms.